The van der Waals surface area contributed by atoms with E-state index in [0.717, 1.165) is 0 Å². The maximum Gasteiger partial charge on any atom is 0.339 e. The molecule has 0 spiro atoms. The lowest BCUT2D eigenvalue weighted by Gasteiger charge is -2.08. The number of carbonyl (C=O) groups is 2. The van der Waals surface area contributed by atoms with Crippen molar-refractivity contribution in [3.05, 3.63) is 60.4 Å². The number of amides is 1. The van der Waals surface area contributed by atoms with Gasteiger partial charge in [-0.15, -0.1) is 0 Å². The van der Waals surface area contributed by atoms with E-state index in [0.29, 0.717) is 11.3 Å². The second kappa shape index (κ2) is 6.47. The molecule has 0 atom stereocenters. The number of pyridine rings is 1. The van der Waals surface area contributed by atoms with Crippen LogP contribution >= 0.6 is 0 Å². The van der Waals surface area contributed by atoms with Gasteiger partial charge < -0.3 is 10.1 Å². The summed E-state index contributed by atoms with van der Waals surface area (Å²) < 4.78 is 6.43. The molecular weight excluding hydrogens is 256 g/mol. The highest BCUT2D eigenvalue weighted by Crippen LogP contribution is 2.15. The van der Waals surface area contributed by atoms with Crippen molar-refractivity contribution in [3.8, 4) is 0 Å². The zero-order chi connectivity index (χ0) is 14.4. The van der Waals surface area contributed by atoms with Crippen molar-refractivity contribution >= 4 is 17.6 Å². The number of aromatic nitrogens is 1. The van der Waals surface area contributed by atoms with Gasteiger partial charge in [-0.05, 0) is 12.1 Å². The number of nitrogens with zero attached hydrogens (tertiary/aromatic N) is 1. The van der Waals surface area contributed by atoms with Crippen molar-refractivity contribution in [3.63, 3.8) is 0 Å². The Hall–Kier alpha value is -2.69. The van der Waals surface area contributed by atoms with Gasteiger partial charge in [-0.2, -0.15) is 4.57 Å². The molecule has 1 heterocycles. The average molecular weight is 271 g/mol. The van der Waals surface area contributed by atoms with Gasteiger partial charge in [0.05, 0.1) is 18.4 Å². The number of rotatable bonds is 4. The van der Waals surface area contributed by atoms with Crippen molar-refractivity contribution in [2.45, 2.75) is 6.54 Å². The molecule has 2 rings (SSSR count). The predicted molar refractivity (Wildman–Crippen MR) is 73.0 cm³/mol. The third-order valence-corrected chi connectivity index (χ3v) is 2.71. The van der Waals surface area contributed by atoms with Crippen molar-refractivity contribution in [1.82, 2.24) is 0 Å². The monoisotopic (exact) mass is 271 g/mol. The van der Waals surface area contributed by atoms with Crippen LogP contribution in [0.1, 0.15) is 10.4 Å². The Bertz CT molecular complexity index is 612. The average Bonchev–Trinajstić information content (AvgIpc) is 2.48. The maximum atomic E-state index is 12.0. The van der Waals surface area contributed by atoms with E-state index in [1.54, 1.807) is 41.2 Å². The number of anilines is 1. The minimum absolute atomic E-state index is 0.177. The number of ether oxygens (including phenoxy) is 1. The number of benzene rings is 1. The number of hydrogen-bond acceptors (Lipinski definition) is 3. The number of hydrogen-bond donors (Lipinski definition) is 1. The lowest BCUT2D eigenvalue weighted by molar-refractivity contribution is -0.684. The number of carbonyl (C=O) groups excluding carboxylic acids is 2. The molecule has 0 unspecified atom stereocenters. The van der Waals surface area contributed by atoms with E-state index in [-0.39, 0.29) is 12.5 Å². The van der Waals surface area contributed by atoms with Gasteiger partial charge in [-0.3, -0.25) is 4.79 Å². The molecule has 2 aromatic rings. The van der Waals surface area contributed by atoms with Crippen LogP contribution in [0.2, 0.25) is 0 Å². The normalized spacial score (nSPS) is 9.85. The molecule has 20 heavy (non-hydrogen) atoms. The Kier molecular flexibility index (Phi) is 4.44. The second-order valence-corrected chi connectivity index (χ2v) is 4.13. The molecule has 1 aromatic heterocycles. The van der Waals surface area contributed by atoms with Gasteiger partial charge in [0.1, 0.15) is 0 Å². The number of para-hydroxylation sites is 1. The van der Waals surface area contributed by atoms with Gasteiger partial charge in [0.15, 0.2) is 12.4 Å². The highest BCUT2D eigenvalue weighted by molar-refractivity contribution is 6.00. The maximum absolute atomic E-state index is 12.0. The van der Waals surface area contributed by atoms with E-state index >= 15 is 0 Å². The first-order valence-corrected chi connectivity index (χ1v) is 6.12. The van der Waals surface area contributed by atoms with Crippen LogP contribution < -0.4 is 9.88 Å². The molecule has 5 nitrogen and oxygen atoms in total. The van der Waals surface area contributed by atoms with Crippen molar-refractivity contribution in [2.75, 3.05) is 12.4 Å². The van der Waals surface area contributed by atoms with E-state index in [1.165, 1.54) is 7.11 Å². The second-order valence-electron chi connectivity index (χ2n) is 4.13. The van der Waals surface area contributed by atoms with Gasteiger partial charge in [0.2, 0.25) is 6.54 Å². The van der Waals surface area contributed by atoms with Crippen LogP contribution in [0.25, 0.3) is 0 Å². The lowest BCUT2D eigenvalue weighted by Crippen LogP contribution is -2.39. The van der Waals surface area contributed by atoms with Crippen LogP contribution in [0.15, 0.2) is 54.9 Å². The molecule has 1 amide bonds. The van der Waals surface area contributed by atoms with Gasteiger partial charge in [-0.25, -0.2) is 4.79 Å². The van der Waals surface area contributed by atoms with Crippen LogP contribution in [0.4, 0.5) is 5.69 Å². The fraction of sp³-hybridized carbons (Fsp3) is 0.133. The number of esters is 1. The molecule has 1 aromatic carbocycles. The fourth-order valence-electron chi connectivity index (χ4n) is 1.78. The molecule has 1 N–H and O–H groups in total. The zero-order valence-corrected chi connectivity index (χ0v) is 11.1. The summed E-state index contributed by atoms with van der Waals surface area (Å²) in [5.41, 5.74) is 0.780. The van der Waals surface area contributed by atoms with Crippen LogP contribution in [0, 0.1) is 0 Å². The summed E-state index contributed by atoms with van der Waals surface area (Å²) in [6.07, 6.45) is 3.59. The predicted octanol–water partition coefficient (Wildman–Crippen LogP) is 1.40. The van der Waals surface area contributed by atoms with E-state index < -0.39 is 5.97 Å². The molecule has 0 saturated heterocycles. The summed E-state index contributed by atoms with van der Waals surface area (Å²) in [7, 11) is 1.31. The van der Waals surface area contributed by atoms with Crippen molar-refractivity contribution < 1.29 is 18.9 Å². The Morgan fingerprint density at radius 1 is 1.10 bits per heavy atom. The van der Waals surface area contributed by atoms with Crippen LogP contribution in [0.5, 0.6) is 0 Å². The topological polar surface area (TPSA) is 59.3 Å². The Balaban J connectivity index is 2.10. The minimum atomic E-state index is -0.478. The molecule has 5 heteroatoms. The van der Waals surface area contributed by atoms with E-state index in [9.17, 15) is 9.59 Å². The third kappa shape index (κ3) is 3.41. The number of nitrogens with one attached hydrogen (secondary N) is 1. The van der Waals surface area contributed by atoms with Crippen LogP contribution in [-0.2, 0) is 16.1 Å². The molecule has 0 aliphatic heterocycles. The minimum Gasteiger partial charge on any atom is -0.465 e. The lowest BCUT2D eigenvalue weighted by atomic mass is 10.2. The Morgan fingerprint density at radius 3 is 2.50 bits per heavy atom. The summed E-state index contributed by atoms with van der Waals surface area (Å²) >= 11 is 0. The first-order chi connectivity index (χ1) is 9.70. The molecule has 0 aliphatic rings. The summed E-state index contributed by atoms with van der Waals surface area (Å²) in [4.78, 5) is 23.6. The van der Waals surface area contributed by atoms with Crippen LogP contribution in [-0.4, -0.2) is 19.0 Å². The van der Waals surface area contributed by atoms with E-state index in [2.05, 4.69) is 10.1 Å². The summed E-state index contributed by atoms with van der Waals surface area (Å²) in [6, 6.07) is 12.3. The molecule has 0 saturated carbocycles. The molecule has 0 aliphatic carbocycles. The molecule has 0 bridgehead atoms. The highest BCUT2D eigenvalue weighted by Gasteiger charge is 2.15. The summed E-state index contributed by atoms with van der Waals surface area (Å²) in [6.45, 7) is 0.177. The quantitative estimate of drug-likeness (QED) is 0.675. The zero-order valence-electron chi connectivity index (χ0n) is 11.1. The van der Waals surface area contributed by atoms with Crippen molar-refractivity contribution in [2.24, 2.45) is 0 Å². The van der Waals surface area contributed by atoms with Crippen LogP contribution in [0.3, 0.4) is 0 Å². The molecular formula is C15H15N2O3+. The standard InChI is InChI=1S/C15H14N2O3/c1-20-15(19)12-7-3-4-8-13(12)16-14(18)11-17-9-5-2-6-10-17/h2-10H,11H2,1H3/p+1. The SMILES string of the molecule is COC(=O)c1ccccc1NC(=O)C[n+]1ccccc1. The molecule has 0 radical (unpaired) electrons. The van der Waals surface area contributed by atoms with Gasteiger partial charge in [0.25, 0.3) is 5.91 Å². The Labute approximate surface area is 116 Å². The number of methoxy groups -OCH3 is 1. The summed E-state index contributed by atoms with van der Waals surface area (Å²) in [5, 5.41) is 2.71. The van der Waals surface area contributed by atoms with Gasteiger partial charge in [-0.1, -0.05) is 18.2 Å². The molecule has 0 fully saturated rings. The van der Waals surface area contributed by atoms with E-state index in [1.807, 2.05) is 18.2 Å². The fourth-order valence-corrected chi connectivity index (χ4v) is 1.78. The largest absolute Gasteiger partial charge is 0.465 e. The summed E-state index contributed by atoms with van der Waals surface area (Å²) in [5.74, 6) is -0.689. The molecule has 102 valence electrons. The Morgan fingerprint density at radius 2 is 1.80 bits per heavy atom. The van der Waals surface area contributed by atoms with Crippen molar-refractivity contribution in [1.29, 1.82) is 0 Å². The van der Waals surface area contributed by atoms with Gasteiger partial charge in [0, 0.05) is 12.1 Å². The third-order valence-electron chi connectivity index (χ3n) is 2.71. The first-order valence-electron chi connectivity index (χ1n) is 6.12. The van der Waals surface area contributed by atoms with Gasteiger partial charge >= 0.3 is 5.97 Å². The highest BCUT2D eigenvalue weighted by atomic mass is 16.5. The smallest absolute Gasteiger partial charge is 0.339 e. The van der Waals surface area contributed by atoms with E-state index in [4.69, 9.17) is 0 Å². The first kappa shape index (κ1) is 13.7.